The summed E-state index contributed by atoms with van der Waals surface area (Å²) in [6.45, 7) is 4.26. The number of morpholine rings is 1. The molecule has 3 aromatic rings. The maximum absolute atomic E-state index is 13.5. The number of halogens is 1. The van der Waals surface area contributed by atoms with Gasteiger partial charge in [-0.15, -0.1) is 0 Å². The molecule has 2 aromatic carbocycles. The van der Waals surface area contributed by atoms with Gasteiger partial charge >= 0.3 is 0 Å². The van der Waals surface area contributed by atoms with Crippen molar-refractivity contribution in [3.05, 3.63) is 51.6 Å². The summed E-state index contributed by atoms with van der Waals surface area (Å²) in [6.07, 6.45) is 1.19. The number of hydrogen-bond donors (Lipinski definition) is 0. The largest absolute Gasteiger partial charge is 0.379 e. The van der Waals surface area contributed by atoms with E-state index in [1.54, 1.807) is 23.1 Å². The van der Waals surface area contributed by atoms with E-state index in [0.717, 1.165) is 21.4 Å². The molecule has 0 bridgehead atoms. The number of aromatic nitrogens is 1. The summed E-state index contributed by atoms with van der Waals surface area (Å²) in [5.41, 5.74) is 1.31. The van der Waals surface area contributed by atoms with Gasteiger partial charge in [-0.3, -0.25) is 14.6 Å². The Morgan fingerprint density at radius 2 is 1.97 bits per heavy atom. The smallest absolute Gasteiger partial charge is 0.261 e. The van der Waals surface area contributed by atoms with Crippen LogP contribution in [0.1, 0.15) is 10.4 Å². The molecule has 0 N–H and O–H groups in total. The number of nitrogens with zero attached hydrogens (tertiary/aromatic N) is 3. The van der Waals surface area contributed by atoms with E-state index in [2.05, 4.69) is 32.5 Å². The Labute approximate surface area is 199 Å². The first-order chi connectivity index (χ1) is 14.8. The molecule has 0 spiro atoms. The van der Waals surface area contributed by atoms with E-state index in [-0.39, 0.29) is 10.8 Å². The van der Waals surface area contributed by atoms with Gasteiger partial charge < -0.3 is 4.74 Å². The number of anilines is 1. The van der Waals surface area contributed by atoms with Gasteiger partial charge in [0, 0.05) is 36.0 Å². The third-order valence-corrected chi connectivity index (χ3v) is 8.19. The van der Waals surface area contributed by atoms with Crippen LogP contribution in [-0.4, -0.2) is 69.9 Å². The Balaban J connectivity index is 1.68. The number of carbonyl (C=O) groups excluding carboxylic acids is 1. The average molecular weight is 571 g/mol. The van der Waals surface area contributed by atoms with E-state index in [0.29, 0.717) is 42.5 Å². The van der Waals surface area contributed by atoms with Gasteiger partial charge in [0.05, 0.1) is 33.9 Å². The summed E-state index contributed by atoms with van der Waals surface area (Å²) in [5, 5.41) is 0.568. The highest BCUT2D eigenvalue weighted by atomic mass is 127. The topological polar surface area (TPSA) is 79.8 Å². The molecule has 0 saturated carbocycles. The zero-order chi connectivity index (χ0) is 22.0. The lowest BCUT2D eigenvalue weighted by Crippen LogP contribution is -2.43. The molecule has 10 heteroatoms. The lowest BCUT2D eigenvalue weighted by Gasteiger charge is -2.29. The minimum atomic E-state index is -3.32. The minimum absolute atomic E-state index is 0.111. The van der Waals surface area contributed by atoms with E-state index >= 15 is 0 Å². The van der Waals surface area contributed by atoms with Crippen LogP contribution in [0.5, 0.6) is 0 Å². The van der Waals surface area contributed by atoms with Crippen molar-refractivity contribution >= 4 is 65.0 Å². The molecule has 31 heavy (non-hydrogen) atoms. The van der Waals surface area contributed by atoms with Gasteiger partial charge in [-0.25, -0.2) is 13.4 Å². The zero-order valence-electron chi connectivity index (χ0n) is 17.0. The predicted molar refractivity (Wildman–Crippen MR) is 131 cm³/mol. The van der Waals surface area contributed by atoms with E-state index in [9.17, 15) is 13.2 Å². The Morgan fingerprint density at radius 3 is 2.68 bits per heavy atom. The molecule has 164 valence electrons. The van der Waals surface area contributed by atoms with Crippen LogP contribution in [-0.2, 0) is 14.6 Å². The molecular weight excluding hydrogens is 549 g/mol. The maximum Gasteiger partial charge on any atom is 0.261 e. The quantitative estimate of drug-likeness (QED) is 0.423. The van der Waals surface area contributed by atoms with Crippen molar-refractivity contribution in [1.82, 2.24) is 9.88 Å². The van der Waals surface area contributed by atoms with Gasteiger partial charge in [-0.1, -0.05) is 23.5 Å². The summed E-state index contributed by atoms with van der Waals surface area (Å²) in [5.74, 6) is -0.111. The van der Waals surface area contributed by atoms with Crippen molar-refractivity contribution in [3.63, 3.8) is 0 Å². The SMILES string of the molecule is CS(=O)(=O)c1ccc2nc(N(CCN3CCOCC3)C(=O)c3ccccc3I)sc2c1. The number of ether oxygens (including phenoxy) is 1. The molecule has 2 heterocycles. The highest BCUT2D eigenvalue weighted by molar-refractivity contribution is 14.1. The van der Waals surface area contributed by atoms with Crippen molar-refractivity contribution in [2.75, 3.05) is 50.5 Å². The molecule has 4 rings (SSSR count). The summed E-state index contributed by atoms with van der Waals surface area (Å²) >= 11 is 3.50. The third kappa shape index (κ3) is 5.25. The Hall–Kier alpha value is -1.60. The summed E-state index contributed by atoms with van der Waals surface area (Å²) in [4.78, 5) is 22.4. The third-order valence-electron chi connectivity index (χ3n) is 5.10. The second-order valence-corrected chi connectivity index (χ2v) is 11.5. The van der Waals surface area contributed by atoms with Gasteiger partial charge in [-0.2, -0.15) is 0 Å². The maximum atomic E-state index is 13.5. The van der Waals surface area contributed by atoms with Crippen LogP contribution in [0, 0.1) is 3.57 Å². The molecule has 0 aliphatic carbocycles. The van der Waals surface area contributed by atoms with Gasteiger partial charge in [0.25, 0.3) is 5.91 Å². The second kappa shape index (κ2) is 9.49. The molecule has 1 aliphatic rings. The number of amides is 1. The number of hydrogen-bond acceptors (Lipinski definition) is 7. The van der Waals surface area contributed by atoms with Crippen LogP contribution < -0.4 is 4.90 Å². The molecule has 0 radical (unpaired) electrons. The zero-order valence-corrected chi connectivity index (χ0v) is 20.7. The first-order valence-electron chi connectivity index (χ1n) is 9.80. The average Bonchev–Trinajstić information content (AvgIpc) is 3.17. The number of rotatable bonds is 6. The predicted octanol–water partition coefficient (Wildman–Crippen LogP) is 3.28. The molecule has 0 unspecified atom stereocenters. The van der Waals surface area contributed by atoms with Crippen molar-refractivity contribution in [3.8, 4) is 0 Å². The van der Waals surface area contributed by atoms with E-state index in [1.807, 2.05) is 24.3 Å². The Morgan fingerprint density at radius 1 is 1.23 bits per heavy atom. The van der Waals surface area contributed by atoms with Gasteiger partial charge in [0.1, 0.15) is 0 Å². The van der Waals surface area contributed by atoms with Crippen molar-refractivity contribution in [2.45, 2.75) is 4.90 Å². The van der Waals surface area contributed by atoms with E-state index in [4.69, 9.17) is 4.74 Å². The fourth-order valence-electron chi connectivity index (χ4n) is 3.37. The summed E-state index contributed by atoms with van der Waals surface area (Å²) in [7, 11) is -3.32. The molecule has 1 amide bonds. The number of benzene rings is 2. The molecule has 1 fully saturated rings. The van der Waals surface area contributed by atoms with Crippen molar-refractivity contribution in [2.24, 2.45) is 0 Å². The number of sulfone groups is 1. The normalized spacial score (nSPS) is 15.3. The van der Waals surface area contributed by atoms with Crippen LogP contribution in [0.25, 0.3) is 10.2 Å². The molecule has 7 nitrogen and oxygen atoms in total. The first-order valence-corrected chi connectivity index (χ1v) is 13.6. The van der Waals surface area contributed by atoms with Crippen molar-refractivity contribution < 1.29 is 17.9 Å². The molecule has 1 aromatic heterocycles. The second-order valence-electron chi connectivity index (χ2n) is 7.29. The summed E-state index contributed by atoms with van der Waals surface area (Å²) < 4.78 is 30.9. The van der Waals surface area contributed by atoms with Gasteiger partial charge in [0.15, 0.2) is 15.0 Å². The van der Waals surface area contributed by atoms with Crippen molar-refractivity contribution in [1.29, 1.82) is 0 Å². The van der Waals surface area contributed by atoms with E-state index < -0.39 is 9.84 Å². The van der Waals surface area contributed by atoms with Gasteiger partial charge in [-0.05, 0) is 52.9 Å². The molecule has 0 atom stereocenters. The fourth-order valence-corrected chi connectivity index (χ4v) is 5.74. The van der Waals surface area contributed by atoms with Crippen LogP contribution in [0.3, 0.4) is 0 Å². The molecule has 1 aliphatic heterocycles. The van der Waals surface area contributed by atoms with E-state index in [1.165, 1.54) is 17.6 Å². The Kier molecular flexibility index (Phi) is 6.92. The highest BCUT2D eigenvalue weighted by Crippen LogP contribution is 2.32. The number of thiazole rings is 1. The standard InChI is InChI=1S/C21H22IN3O4S2/c1-31(27,28)15-6-7-18-19(14-15)30-21(23-18)25(9-8-24-10-12-29-13-11-24)20(26)16-4-2-3-5-17(16)22/h2-7,14H,8-13H2,1H3. The minimum Gasteiger partial charge on any atom is -0.379 e. The van der Waals surface area contributed by atoms with Crippen LogP contribution in [0.15, 0.2) is 47.4 Å². The number of carbonyl (C=O) groups is 1. The lowest BCUT2D eigenvalue weighted by atomic mass is 10.2. The Bertz CT molecular complexity index is 1210. The highest BCUT2D eigenvalue weighted by Gasteiger charge is 2.24. The fraction of sp³-hybridized carbons (Fsp3) is 0.333. The molecule has 1 saturated heterocycles. The van der Waals surface area contributed by atoms with Crippen LogP contribution in [0.2, 0.25) is 0 Å². The monoisotopic (exact) mass is 571 g/mol. The van der Waals surface area contributed by atoms with Crippen LogP contribution >= 0.6 is 33.9 Å². The number of fused-ring (bicyclic) bond motifs is 1. The molecular formula is C21H22IN3O4S2. The van der Waals surface area contributed by atoms with Gasteiger partial charge in [0.2, 0.25) is 0 Å². The van der Waals surface area contributed by atoms with Crippen LogP contribution in [0.4, 0.5) is 5.13 Å². The summed E-state index contributed by atoms with van der Waals surface area (Å²) in [6, 6.07) is 12.4. The first kappa shape index (κ1) is 22.6. The lowest BCUT2D eigenvalue weighted by molar-refractivity contribution is 0.0391.